The number of aromatic nitrogens is 2. The van der Waals surface area contributed by atoms with Crippen molar-refractivity contribution in [3.8, 4) is 0 Å². The van der Waals surface area contributed by atoms with Gasteiger partial charge in [-0.05, 0) is 32.0 Å². The van der Waals surface area contributed by atoms with E-state index in [1.165, 1.54) is 6.20 Å². The van der Waals surface area contributed by atoms with Crippen molar-refractivity contribution in [3.63, 3.8) is 0 Å². The zero-order valence-corrected chi connectivity index (χ0v) is 13.4. The molecule has 100 valence electrons. The molecular weight excluding hydrogens is 351 g/mol. The Balaban J connectivity index is 2.53. The molecule has 0 aliphatic carbocycles. The van der Waals surface area contributed by atoms with E-state index in [1.807, 2.05) is 13.8 Å². The molecule has 1 aromatic heterocycles. The second-order valence-corrected chi connectivity index (χ2v) is 6.06. The Morgan fingerprint density at radius 3 is 2.58 bits per heavy atom. The van der Waals surface area contributed by atoms with E-state index >= 15 is 0 Å². The molecule has 2 aromatic rings. The van der Waals surface area contributed by atoms with Crippen LogP contribution in [0, 0.1) is 0 Å². The molecule has 0 radical (unpaired) electrons. The first-order valence-electron chi connectivity index (χ1n) is 5.64. The Morgan fingerprint density at radius 2 is 2.00 bits per heavy atom. The summed E-state index contributed by atoms with van der Waals surface area (Å²) >= 11 is 15.5. The zero-order chi connectivity index (χ0) is 14.2. The highest BCUT2D eigenvalue weighted by atomic mass is 79.9. The fourth-order valence-corrected chi connectivity index (χ4v) is 2.72. The number of rotatable bonds is 3. The van der Waals surface area contributed by atoms with Crippen LogP contribution in [0.2, 0.25) is 10.0 Å². The Labute approximate surface area is 129 Å². The van der Waals surface area contributed by atoms with Crippen molar-refractivity contribution in [1.29, 1.82) is 0 Å². The van der Waals surface area contributed by atoms with Crippen molar-refractivity contribution >= 4 is 44.9 Å². The molecule has 0 aliphatic heterocycles. The van der Waals surface area contributed by atoms with Gasteiger partial charge in [0.15, 0.2) is 0 Å². The third-order valence-electron chi connectivity index (χ3n) is 2.63. The topological polar surface area (TPSA) is 34.9 Å². The lowest BCUT2D eigenvalue weighted by Crippen LogP contribution is -2.14. The summed E-state index contributed by atoms with van der Waals surface area (Å²) in [5.74, 6) is -0.228. The van der Waals surface area contributed by atoms with Gasteiger partial charge in [0.2, 0.25) is 5.78 Å². The molecule has 0 spiro atoms. The molecule has 0 unspecified atom stereocenters. The standard InChI is InChI=1S/C13H11BrCl2N2O/c1-7(2)18-12(11(16)6-17-18)13(19)9-4-3-8(14)5-10(9)15/h3-7H,1-2H3. The molecule has 0 fully saturated rings. The molecule has 0 aliphatic rings. The van der Waals surface area contributed by atoms with Crippen LogP contribution < -0.4 is 0 Å². The largest absolute Gasteiger partial charge is 0.287 e. The molecule has 3 nitrogen and oxygen atoms in total. The van der Waals surface area contributed by atoms with E-state index in [2.05, 4.69) is 21.0 Å². The van der Waals surface area contributed by atoms with E-state index in [4.69, 9.17) is 23.2 Å². The van der Waals surface area contributed by atoms with E-state index in [0.29, 0.717) is 21.3 Å². The molecule has 6 heteroatoms. The van der Waals surface area contributed by atoms with Crippen LogP contribution >= 0.6 is 39.1 Å². The second-order valence-electron chi connectivity index (χ2n) is 4.33. The molecular formula is C13H11BrCl2N2O. The Kier molecular flexibility index (Phi) is 4.33. The van der Waals surface area contributed by atoms with Crippen LogP contribution in [0.1, 0.15) is 35.9 Å². The normalized spacial score (nSPS) is 11.1. The van der Waals surface area contributed by atoms with Crippen molar-refractivity contribution < 1.29 is 4.79 Å². The minimum atomic E-state index is -0.228. The van der Waals surface area contributed by atoms with Gasteiger partial charge < -0.3 is 0 Å². The van der Waals surface area contributed by atoms with Crippen LogP contribution in [0.4, 0.5) is 0 Å². The third-order valence-corrected chi connectivity index (χ3v) is 3.71. The number of carbonyl (C=O) groups is 1. The average molecular weight is 362 g/mol. The van der Waals surface area contributed by atoms with Crippen LogP contribution in [0.5, 0.6) is 0 Å². The predicted octanol–water partition coefficient (Wildman–Crippen LogP) is 4.76. The quantitative estimate of drug-likeness (QED) is 0.738. The number of carbonyl (C=O) groups excluding carboxylic acids is 1. The summed E-state index contributed by atoms with van der Waals surface area (Å²) in [5.41, 5.74) is 0.773. The van der Waals surface area contributed by atoms with Crippen LogP contribution in [-0.2, 0) is 0 Å². The fraction of sp³-hybridized carbons (Fsp3) is 0.231. The molecule has 0 saturated heterocycles. The average Bonchev–Trinajstić information content (AvgIpc) is 2.70. The van der Waals surface area contributed by atoms with Gasteiger partial charge in [-0.15, -0.1) is 0 Å². The third kappa shape index (κ3) is 2.86. The Morgan fingerprint density at radius 1 is 1.32 bits per heavy atom. The van der Waals surface area contributed by atoms with Gasteiger partial charge in [0.1, 0.15) is 5.69 Å². The lowest BCUT2D eigenvalue weighted by atomic mass is 10.1. The maximum absolute atomic E-state index is 12.5. The van der Waals surface area contributed by atoms with Crippen molar-refractivity contribution in [2.75, 3.05) is 0 Å². The summed E-state index contributed by atoms with van der Waals surface area (Å²) in [4.78, 5) is 12.5. The molecule has 2 rings (SSSR count). The van der Waals surface area contributed by atoms with Gasteiger partial charge in [-0.25, -0.2) is 0 Å². The van der Waals surface area contributed by atoms with Crippen LogP contribution in [0.25, 0.3) is 0 Å². The number of halogens is 3. The maximum Gasteiger partial charge on any atom is 0.214 e. The SMILES string of the molecule is CC(C)n1ncc(Cl)c1C(=O)c1ccc(Br)cc1Cl. The van der Waals surface area contributed by atoms with Gasteiger partial charge in [0, 0.05) is 16.1 Å². The van der Waals surface area contributed by atoms with E-state index in [-0.39, 0.29) is 11.8 Å². The van der Waals surface area contributed by atoms with Crippen LogP contribution in [-0.4, -0.2) is 15.6 Å². The van der Waals surface area contributed by atoms with Crippen LogP contribution in [0.3, 0.4) is 0 Å². The van der Waals surface area contributed by atoms with E-state index < -0.39 is 0 Å². The summed E-state index contributed by atoms with van der Waals surface area (Å²) in [7, 11) is 0. The maximum atomic E-state index is 12.5. The summed E-state index contributed by atoms with van der Waals surface area (Å²) in [6.45, 7) is 3.87. The lowest BCUT2D eigenvalue weighted by Gasteiger charge is -2.11. The highest BCUT2D eigenvalue weighted by Gasteiger charge is 2.22. The highest BCUT2D eigenvalue weighted by molar-refractivity contribution is 9.10. The van der Waals surface area contributed by atoms with Crippen molar-refractivity contribution in [2.24, 2.45) is 0 Å². The van der Waals surface area contributed by atoms with E-state index in [1.54, 1.807) is 22.9 Å². The fourth-order valence-electron chi connectivity index (χ4n) is 1.75. The lowest BCUT2D eigenvalue weighted by molar-refractivity contribution is 0.102. The minimum Gasteiger partial charge on any atom is -0.287 e. The number of hydrogen-bond donors (Lipinski definition) is 0. The predicted molar refractivity (Wildman–Crippen MR) is 80.2 cm³/mol. The van der Waals surface area contributed by atoms with E-state index in [0.717, 1.165) is 4.47 Å². The molecule has 0 amide bonds. The molecule has 0 atom stereocenters. The summed E-state index contributed by atoms with van der Waals surface area (Å²) in [6.07, 6.45) is 1.47. The van der Waals surface area contributed by atoms with Gasteiger partial charge in [-0.1, -0.05) is 39.1 Å². The van der Waals surface area contributed by atoms with E-state index in [9.17, 15) is 4.79 Å². The first-order chi connectivity index (χ1) is 8.91. The first kappa shape index (κ1) is 14.6. The molecule has 1 aromatic carbocycles. The Bertz CT molecular complexity index is 638. The molecule has 19 heavy (non-hydrogen) atoms. The molecule has 0 N–H and O–H groups in total. The minimum absolute atomic E-state index is 0.0423. The van der Waals surface area contributed by atoms with Gasteiger partial charge in [0.25, 0.3) is 0 Å². The molecule has 1 heterocycles. The zero-order valence-electron chi connectivity index (χ0n) is 10.3. The number of benzene rings is 1. The highest BCUT2D eigenvalue weighted by Crippen LogP contribution is 2.27. The van der Waals surface area contributed by atoms with Gasteiger partial charge in [-0.3, -0.25) is 9.48 Å². The Hall–Kier alpha value is -0.840. The number of hydrogen-bond acceptors (Lipinski definition) is 2. The van der Waals surface area contributed by atoms with Gasteiger partial charge >= 0.3 is 0 Å². The van der Waals surface area contributed by atoms with Crippen molar-refractivity contribution in [3.05, 3.63) is 50.2 Å². The smallest absolute Gasteiger partial charge is 0.214 e. The number of ketones is 1. The number of nitrogens with zero attached hydrogens (tertiary/aromatic N) is 2. The molecule has 0 bridgehead atoms. The van der Waals surface area contributed by atoms with Crippen LogP contribution in [0.15, 0.2) is 28.9 Å². The summed E-state index contributed by atoms with van der Waals surface area (Å²) in [5, 5.41) is 4.83. The second kappa shape index (κ2) is 5.65. The van der Waals surface area contributed by atoms with Crippen molar-refractivity contribution in [2.45, 2.75) is 19.9 Å². The summed E-state index contributed by atoms with van der Waals surface area (Å²) in [6, 6.07) is 5.16. The monoisotopic (exact) mass is 360 g/mol. The van der Waals surface area contributed by atoms with Crippen molar-refractivity contribution in [1.82, 2.24) is 9.78 Å². The van der Waals surface area contributed by atoms with Gasteiger partial charge in [-0.2, -0.15) is 5.10 Å². The molecule has 0 saturated carbocycles. The first-order valence-corrected chi connectivity index (χ1v) is 7.19. The summed E-state index contributed by atoms with van der Waals surface area (Å²) < 4.78 is 2.42. The van der Waals surface area contributed by atoms with Gasteiger partial charge in [0.05, 0.1) is 16.2 Å².